The average molecular weight is 380 g/mol. The molecule has 0 radical (unpaired) electrons. The van der Waals surface area contributed by atoms with E-state index < -0.39 is 15.7 Å². The van der Waals surface area contributed by atoms with E-state index in [-0.39, 0.29) is 34.9 Å². The average Bonchev–Trinajstić information content (AvgIpc) is 3.23. The maximum atomic E-state index is 12.9. The topological polar surface area (TPSA) is 93.1 Å². The third-order valence-electron chi connectivity index (χ3n) is 4.55. The van der Waals surface area contributed by atoms with Gasteiger partial charge in [0.2, 0.25) is 5.91 Å². The van der Waals surface area contributed by atoms with Gasteiger partial charge in [0.05, 0.1) is 22.8 Å². The summed E-state index contributed by atoms with van der Waals surface area (Å²) in [7, 11) is -1.75. The molecule has 2 atom stereocenters. The molecule has 2 N–H and O–H groups in total. The van der Waals surface area contributed by atoms with Gasteiger partial charge in [-0.25, -0.2) is 12.8 Å². The van der Waals surface area contributed by atoms with Gasteiger partial charge in [-0.15, -0.1) is 0 Å². The first-order chi connectivity index (χ1) is 12.4. The van der Waals surface area contributed by atoms with Crippen LogP contribution in [-0.4, -0.2) is 49.5 Å². The Morgan fingerprint density at radius 3 is 2.73 bits per heavy atom. The largest absolute Gasteiger partial charge is 0.355 e. The van der Waals surface area contributed by atoms with Gasteiger partial charge >= 0.3 is 0 Å². The van der Waals surface area contributed by atoms with Crippen molar-refractivity contribution in [1.82, 2.24) is 20.4 Å². The fourth-order valence-corrected chi connectivity index (χ4v) is 4.29. The van der Waals surface area contributed by atoms with Crippen LogP contribution in [0.4, 0.5) is 4.39 Å². The van der Waals surface area contributed by atoms with Crippen molar-refractivity contribution in [3.8, 4) is 0 Å². The van der Waals surface area contributed by atoms with Crippen LogP contribution in [-0.2, 0) is 21.7 Å². The summed E-state index contributed by atoms with van der Waals surface area (Å²) >= 11 is 0. The Balaban J connectivity index is 1.57. The van der Waals surface area contributed by atoms with Gasteiger partial charge in [-0.1, -0.05) is 0 Å². The van der Waals surface area contributed by atoms with E-state index in [4.69, 9.17) is 0 Å². The Labute approximate surface area is 151 Å². The van der Waals surface area contributed by atoms with Crippen molar-refractivity contribution in [3.63, 3.8) is 0 Å². The molecule has 1 aromatic carbocycles. The zero-order chi connectivity index (χ0) is 18.7. The van der Waals surface area contributed by atoms with Crippen molar-refractivity contribution in [2.75, 3.05) is 25.4 Å². The van der Waals surface area contributed by atoms with Crippen molar-refractivity contribution in [2.24, 2.45) is 13.0 Å². The molecule has 0 saturated carbocycles. The second kappa shape index (κ2) is 7.55. The van der Waals surface area contributed by atoms with Gasteiger partial charge < -0.3 is 10.6 Å². The van der Waals surface area contributed by atoms with Crippen LogP contribution in [0.2, 0.25) is 0 Å². The second-order valence-electron chi connectivity index (χ2n) is 6.38. The molecule has 2 aromatic rings. The van der Waals surface area contributed by atoms with E-state index in [2.05, 4.69) is 15.7 Å². The number of hydrogen-bond donors (Lipinski definition) is 2. The number of rotatable bonds is 6. The van der Waals surface area contributed by atoms with E-state index in [0.717, 1.165) is 17.7 Å². The van der Waals surface area contributed by atoms with E-state index >= 15 is 0 Å². The molecule has 1 aliphatic rings. The van der Waals surface area contributed by atoms with Crippen molar-refractivity contribution in [2.45, 2.75) is 10.8 Å². The SMILES string of the molecule is Cn1cc([C@H]2CNC[C@@H]2C(=O)NCCS(=O)(=O)c2ccc(F)cc2)cn1. The molecule has 2 heterocycles. The zero-order valence-electron chi connectivity index (χ0n) is 14.4. The second-order valence-corrected chi connectivity index (χ2v) is 8.49. The molecule has 0 bridgehead atoms. The molecule has 26 heavy (non-hydrogen) atoms. The number of amides is 1. The summed E-state index contributed by atoms with van der Waals surface area (Å²) in [6, 6.07) is 4.67. The van der Waals surface area contributed by atoms with Gasteiger partial charge in [0.1, 0.15) is 5.82 Å². The number of nitrogens with zero attached hydrogens (tertiary/aromatic N) is 2. The maximum Gasteiger partial charge on any atom is 0.225 e. The van der Waals surface area contributed by atoms with E-state index in [1.54, 1.807) is 10.9 Å². The van der Waals surface area contributed by atoms with Crippen LogP contribution in [0.5, 0.6) is 0 Å². The van der Waals surface area contributed by atoms with Crippen LogP contribution in [0.15, 0.2) is 41.6 Å². The van der Waals surface area contributed by atoms with Gasteiger partial charge in [-0.05, 0) is 29.8 Å². The van der Waals surface area contributed by atoms with Gasteiger partial charge in [-0.2, -0.15) is 5.10 Å². The number of hydrogen-bond acceptors (Lipinski definition) is 5. The molecule has 1 aromatic heterocycles. The number of nitrogens with one attached hydrogen (secondary N) is 2. The summed E-state index contributed by atoms with van der Waals surface area (Å²) in [5.74, 6) is -1.17. The first kappa shape index (κ1) is 18.5. The van der Waals surface area contributed by atoms with Crippen LogP contribution < -0.4 is 10.6 Å². The Bertz CT molecular complexity index is 880. The molecule has 1 fully saturated rings. The Hall–Kier alpha value is -2.26. The minimum Gasteiger partial charge on any atom is -0.355 e. The number of carbonyl (C=O) groups excluding carboxylic acids is 1. The maximum absolute atomic E-state index is 12.9. The molecular formula is C17H21FN4O3S. The van der Waals surface area contributed by atoms with Gasteiger partial charge in [0.15, 0.2) is 9.84 Å². The quantitative estimate of drug-likeness (QED) is 0.710. The van der Waals surface area contributed by atoms with Crippen molar-refractivity contribution >= 4 is 15.7 Å². The molecule has 1 aliphatic heterocycles. The number of halogens is 1. The van der Waals surface area contributed by atoms with Crippen LogP contribution >= 0.6 is 0 Å². The molecule has 9 heteroatoms. The monoisotopic (exact) mass is 380 g/mol. The Kier molecular flexibility index (Phi) is 5.38. The predicted octanol–water partition coefficient (Wildman–Crippen LogP) is 0.452. The highest BCUT2D eigenvalue weighted by molar-refractivity contribution is 7.91. The molecule has 140 valence electrons. The predicted molar refractivity (Wildman–Crippen MR) is 93.8 cm³/mol. The summed E-state index contributed by atoms with van der Waals surface area (Å²) in [4.78, 5) is 12.5. The summed E-state index contributed by atoms with van der Waals surface area (Å²) in [6.45, 7) is 1.22. The van der Waals surface area contributed by atoms with Gasteiger partial charge in [0, 0.05) is 38.8 Å². The molecule has 1 saturated heterocycles. The number of carbonyl (C=O) groups is 1. The summed E-state index contributed by atoms with van der Waals surface area (Å²) in [5, 5.41) is 10.0. The molecule has 0 aliphatic carbocycles. The third-order valence-corrected chi connectivity index (χ3v) is 6.28. The molecule has 1 amide bonds. The lowest BCUT2D eigenvalue weighted by molar-refractivity contribution is -0.124. The first-order valence-electron chi connectivity index (χ1n) is 8.32. The lowest BCUT2D eigenvalue weighted by Crippen LogP contribution is -2.37. The van der Waals surface area contributed by atoms with E-state index in [9.17, 15) is 17.6 Å². The summed E-state index contributed by atoms with van der Waals surface area (Å²) in [5.41, 5.74) is 0.983. The molecule has 3 rings (SSSR count). The lowest BCUT2D eigenvalue weighted by Gasteiger charge is -2.17. The number of sulfone groups is 1. The van der Waals surface area contributed by atoms with Crippen molar-refractivity contribution in [3.05, 3.63) is 48.0 Å². The Morgan fingerprint density at radius 1 is 1.35 bits per heavy atom. The summed E-state index contributed by atoms with van der Waals surface area (Å²) in [6.07, 6.45) is 3.63. The minimum absolute atomic E-state index is 0.00873. The lowest BCUT2D eigenvalue weighted by atomic mass is 9.90. The van der Waals surface area contributed by atoms with Crippen molar-refractivity contribution in [1.29, 1.82) is 0 Å². The van der Waals surface area contributed by atoms with Gasteiger partial charge in [-0.3, -0.25) is 9.48 Å². The number of aromatic nitrogens is 2. The van der Waals surface area contributed by atoms with Gasteiger partial charge in [0.25, 0.3) is 0 Å². The normalized spacial score (nSPS) is 20.2. The third kappa shape index (κ3) is 4.10. The highest BCUT2D eigenvalue weighted by Crippen LogP contribution is 2.27. The number of benzene rings is 1. The fraction of sp³-hybridized carbons (Fsp3) is 0.412. The smallest absolute Gasteiger partial charge is 0.225 e. The zero-order valence-corrected chi connectivity index (χ0v) is 15.2. The molecular weight excluding hydrogens is 359 g/mol. The van der Waals surface area contributed by atoms with E-state index in [1.165, 1.54) is 12.1 Å². The fourth-order valence-electron chi connectivity index (χ4n) is 3.14. The van der Waals surface area contributed by atoms with Crippen molar-refractivity contribution < 1.29 is 17.6 Å². The molecule has 0 spiro atoms. The number of aryl methyl sites for hydroxylation is 1. The first-order valence-corrected chi connectivity index (χ1v) is 9.97. The van der Waals surface area contributed by atoms with E-state index in [1.807, 2.05) is 13.2 Å². The highest BCUT2D eigenvalue weighted by atomic mass is 32.2. The molecule has 0 unspecified atom stereocenters. The van der Waals surface area contributed by atoms with Crippen LogP contribution in [0.1, 0.15) is 11.5 Å². The summed E-state index contributed by atoms with van der Waals surface area (Å²) < 4.78 is 39.1. The minimum atomic E-state index is -3.57. The van der Waals surface area contributed by atoms with E-state index in [0.29, 0.717) is 13.1 Å². The molecule has 7 nitrogen and oxygen atoms in total. The van der Waals surface area contributed by atoms with Crippen LogP contribution in [0.3, 0.4) is 0 Å². The highest BCUT2D eigenvalue weighted by Gasteiger charge is 2.34. The standard InChI is InChI=1S/C17H21FN4O3S/c1-22-11-12(8-21-22)15-9-19-10-16(15)17(23)20-6-7-26(24,25)14-4-2-13(18)3-5-14/h2-5,8,11,15-16,19H,6-7,9-10H2,1H3,(H,20,23)/t15-,16+/m1/s1. The van der Waals surface area contributed by atoms with Crippen LogP contribution in [0.25, 0.3) is 0 Å². The Morgan fingerprint density at radius 2 is 2.08 bits per heavy atom. The van der Waals surface area contributed by atoms with Crippen LogP contribution in [0, 0.1) is 11.7 Å².